The number of nitrogens with zero attached hydrogens (tertiary/aromatic N) is 1. The van der Waals surface area contributed by atoms with Gasteiger partial charge in [0.2, 0.25) is 0 Å². The van der Waals surface area contributed by atoms with Crippen LogP contribution in [0.1, 0.15) is 13.3 Å². The van der Waals surface area contributed by atoms with Gasteiger partial charge in [0, 0.05) is 30.3 Å². The van der Waals surface area contributed by atoms with Gasteiger partial charge in [-0.1, -0.05) is 24.6 Å². The van der Waals surface area contributed by atoms with Gasteiger partial charge < -0.3 is 10.2 Å². The predicted octanol–water partition coefficient (Wildman–Crippen LogP) is 3.34. The maximum atomic E-state index is 5.93. The number of halogens is 1. The molecule has 1 N–H and O–H groups in total. The van der Waals surface area contributed by atoms with E-state index in [9.17, 15) is 0 Å². The Morgan fingerprint density at radius 1 is 1.47 bits per heavy atom. The highest BCUT2D eigenvalue weighted by atomic mass is 35.5. The lowest BCUT2D eigenvalue weighted by atomic mass is 10.3. The fraction of sp³-hybridized carbons (Fsp3) is 0.571. The predicted molar refractivity (Wildman–Crippen MR) is 74.7 cm³/mol. The molecule has 1 aliphatic carbocycles. The highest BCUT2D eigenvalue weighted by Gasteiger charge is 2.32. The highest BCUT2D eigenvalue weighted by Crippen LogP contribution is 2.37. The molecule has 0 amide bonds. The molecule has 2 atom stereocenters. The van der Waals surface area contributed by atoms with Gasteiger partial charge in [-0.25, -0.2) is 0 Å². The maximum Gasteiger partial charge on any atom is 0.0426 e. The summed E-state index contributed by atoms with van der Waals surface area (Å²) in [6, 6.07) is 7.88. The van der Waals surface area contributed by atoms with Crippen molar-refractivity contribution in [2.45, 2.75) is 13.3 Å². The van der Waals surface area contributed by atoms with E-state index in [1.54, 1.807) is 0 Å². The zero-order valence-electron chi connectivity index (χ0n) is 10.6. The molecule has 17 heavy (non-hydrogen) atoms. The number of likely N-dealkylation sites (N-methyl/N-ethyl adjacent to an activating group) is 1. The van der Waals surface area contributed by atoms with Crippen molar-refractivity contribution in [3.63, 3.8) is 0 Å². The molecule has 0 aromatic heterocycles. The molecule has 2 nitrogen and oxygen atoms in total. The van der Waals surface area contributed by atoms with Gasteiger partial charge in [-0.15, -0.1) is 0 Å². The maximum absolute atomic E-state index is 5.93. The van der Waals surface area contributed by atoms with E-state index in [0.717, 1.165) is 35.6 Å². The van der Waals surface area contributed by atoms with Gasteiger partial charge >= 0.3 is 0 Å². The lowest BCUT2D eigenvalue weighted by Crippen LogP contribution is -2.27. The summed E-state index contributed by atoms with van der Waals surface area (Å²) in [6.07, 6.45) is 1.41. The Kier molecular flexibility index (Phi) is 4.30. The first-order chi connectivity index (χ1) is 8.15. The van der Waals surface area contributed by atoms with Crippen molar-refractivity contribution in [1.82, 2.24) is 4.90 Å². The largest absolute Gasteiger partial charge is 0.384 e. The van der Waals surface area contributed by atoms with Crippen molar-refractivity contribution in [3.05, 3.63) is 29.3 Å². The topological polar surface area (TPSA) is 15.3 Å². The molecule has 1 aromatic carbocycles. The van der Waals surface area contributed by atoms with Crippen LogP contribution in [0.25, 0.3) is 0 Å². The Hall–Kier alpha value is -0.730. The molecule has 2 rings (SSSR count). The third-order valence-electron chi connectivity index (χ3n) is 3.47. The Labute approximate surface area is 109 Å². The van der Waals surface area contributed by atoms with Crippen LogP contribution in [-0.2, 0) is 0 Å². The molecule has 1 fully saturated rings. The summed E-state index contributed by atoms with van der Waals surface area (Å²) >= 11 is 5.93. The summed E-state index contributed by atoms with van der Waals surface area (Å²) in [5, 5.41) is 4.18. The van der Waals surface area contributed by atoms with Crippen molar-refractivity contribution in [1.29, 1.82) is 0 Å². The molecule has 3 heteroatoms. The smallest absolute Gasteiger partial charge is 0.0426 e. The SMILES string of the molecule is CC1CC1CN(C)CCNc1cccc(Cl)c1. The number of hydrogen-bond acceptors (Lipinski definition) is 2. The van der Waals surface area contributed by atoms with Crippen LogP contribution in [0.4, 0.5) is 5.69 Å². The minimum atomic E-state index is 0.787. The van der Waals surface area contributed by atoms with Crippen LogP contribution in [0.15, 0.2) is 24.3 Å². The van der Waals surface area contributed by atoms with Crippen molar-refractivity contribution in [2.24, 2.45) is 11.8 Å². The Balaban J connectivity index is 1.65. The Morgan fingerprint density at radius 2 is 2.24 bits per heavy atom. The van der Waals surface area contributed by atoms with Crippen LogP contribution in [-0.4, -0.2) is 31.6 Å². The van der Waals surface area contributed by atoms with Gasteiger partial charge in [-0.05, 0) is 43.5 Å². The first kappa shape index (κ1) is 12.7. The van der Waals surface area contributed by atoms with Gasteiger partial charge in [0.25, 0.3) is 0 Å². The molecule has 0 heterocycles. The van der Waals surface area contributed by atoms with E-state index in [1.807, 2.05) is 18.2 Å². The minimum Gasteiger partial charge on any atom is -0.384 e. The van der Waals surface area contributed by atoms with Crippen LogP contribution >= 0.6 is 11.6 Å². The molecule has 0 saturated heterocycles. The van der Waals surface area contributed by atoms with Crippen LogP contribution in [0.5, 0.6) is 0 Å². The second-order valence-electron chi connectivity index (χ2n) is 5.17. The quantitative estimate of drug-likeness (QED) is 0.836. The lowest BCUT2D eigenvalue weighted by Gasteiger charge is -2.17. The van der Waals surface area contributed by atoms with Gasteiger partial charge in [0.05, 0.1) is 0 Å². The molecule has 0 spiro atoms. The van der Waals surface area contributed by atoms with Gasteiger partial charge in [0.1, 0.15) is 0 Å². The van der Waals surface area contributed by atoms with Crippen molar-refractivity contribution < 1.29 is 0 Å². The summed E-state index contributed by atoms with van der Waals surface area (Å²) in [5.41, 5.74) is 1.10. The fourth-order valence-electron chi connectivity index (χ4n) is 2.13. The third kappa shape index (κ3) is 4.21. The first-order valence-electron chi connectivity index (χ1n) is 6.33. The van der Waals surface area contributed by atoms with Crippen LogP contribution < -0.4 is 5.32 Å². The second kappa shape index (κ2) is 5.74. The molecule has 1 aromatic rings. The zero-order valence-corrected chi connectivity index (χ0v) is 11.4. The van der Waals surface area contributed by atoms with E-state index >= 15 is 0 Å². The number of anilines is 1. The number of benzene rings is 1. The minimum absolute atomic E-state index is 0.787. The summed E-state index contributed by atoms with van der Waals surface area (Å²) < 4.78 is 0. The van der Waals surface area contributed by atoms with E-state index in [-0.39, 0.29) is 0 Å². The molecule has 0 bridgehead atoms. The average molecular weight is 253 g/mol. The highest BCUT2D eigenvalue weighted by molar-refractivity contribution is 6.30. The van der Waals surface area contributed by atoms with Gasteiger partial charge in [-0.2, -0.15) is 0 Å². The summed E-state index contributed by atoms with van der Waals surface area (Å²) in [7, 11) is 2.20. The standard InChI is InChI=1S/C14H21ClN2/c1-11-8-12(11)10-17(2)7-6-16-14-5-3-4-13(15)9-14/h3-5,9,11-12,16H,6-8,10H2,1-2H3. The molecular weight excluding hydrogens is 232 g/mol. The molecule has 2 unspecified atom stereocenters. The van der Waals surface area contributed by atoms with Crippen LogP contribution in [0, 0.1) is 11.8 Å². The van der Waals surface area contributed by atoms with E-state index in [1.165, 1.54) is 13.0 Å². The summed E-state index contributed by atoms with van der Waals surface area (Å²) in [4.78, 5) is 2.41. The molecule has 0 radical (unpaired) electrons. The summed E-state index contributed by atoms with van der Waals surface area (Å²) in [5.74, 6) is 1.88. The van der Waals surface area contributed by atoms with Gasteiger partial charge in [0.15, 0.2) is 0 Å². The molecule has 1 aliphatic rings. The molecule has 0 aliphatic heterocycles. The fourth-order valence-corrected chi connectivity index (χ4v) is 2.32. The van der Waals surface area contributed by atoms with E-state index < -0.39 is 0 Å². The molecule has 94 valence electrons. The van der Waals surface area contributed by atoms with Crippen molar-refractivity contribution >= 4 is 17.3 Å². The van der Waals surface area contributed by atoms with Crippen molar-refractivity contribution in [2.75, 3.05) is 32.0 Å². The monoisotopic (exact) mass is 252 g/mol. The van der Waals surface area contributed by atoms with Crippen molar-refractivity contribution in [3.8, 4) is 0 Å². The van der Waals surface area contributed by atoms with Crippen LogP contribution in [0.2, 0.25) is 5.02 Å². The first-order valence-corrected chi connectivity index (χ1v) is 6.71. The summed E-state index contributed by atoms with van der Waals surface area (Å²) in [6.45, 7) is 5.62. The second-order valence-corrected chi connectivity index (χ2v) is 5.61. The lowest BCUT2D eigenvalue weighted by molar-refractivity contribution is 0.326. The Morgan fingerprint density at radius 3 is 2.88 bits per heavy atom. The Bertz CT molecular complexity index is 367. The van der Waals surface area contributed by atoms with E-state index in [2.05, 4.69) is 30.3 Å². The average Bonchev–Trinajstić information content (AvgIpc) is 2.94. The zero-order chi connectivity index (χ0) is 12.3. The molecular formula is C14H21ClN2. The third-order valence-corrected chi connectivity index (χ3v) is 3.70. The van der Waals surface area contributed by atoms with E-state index in [0.29, 0.717) is 0 Å². The van der Waals surface area contributed by atoms with E-state index in [4.69, 9.17) is 11.6 Å². The number of nitrogens with one attached hydrogen (secondary N) is 1. The normalized spacial score (nSPS) is 22.8. The molecule has 1 saturated carbocycles. The van der Waals surface area contributed by atoms with Crippen LogP contribution in [0.3, 0.4) is 0 Å². The number of rotatable bonds is 6. The van der Waals surface area contributed by atoms with Gasteiger partial charge in [-0.3, -0.25) is 0 Å². The number of hydrogen-bond donors (Lipinski definition) is 1.